The zero-order chi connectivity index (χ0) is 27.6. The van der Waals surface area contributed by atoms with E-state index in [4.69, 9.17) is 15.2 Å². The topological polar surface area (TPSA) is 61.2 Å². The molecule has 5 rings (SSSR count). The zero-order valence-electron chi connectivity index (χ0n) is 22.7. The molecule has 0 fully saturated rings. The number of hydrogen-bond acceptors (Lipinski definition) is 4. The largest absolute Gasteiger partial charge is 0.485 e. The van der Waals surface area contributed by atoms with E-state index in [1.165, 1.54) is 5.56 Å². The minimum Gasteiger partial charge on any atom is -0.485 e. The van der Waals surface area contributed by atoms with Crippen molar-refractivity contribution in [2.75, 3.05) is 6.54 Å². The van der Waals surface area contributed by atoms with Crippen LogP contribution in [-0.4, -0.2) is 11.5 Å². The molecule has 200 valence electrons. The van der Waals surface area contributed by atoms with Crippen molar-refractivity contribution in [2.24, 2.45) is 5.73 Å². The molecule has 2 N–H and O–H groups in total. The van der Waals surface area contributed by atoms with Crippen LogP contribution >= 0.6 is 0 Å². The van der Waals surface area contributed by atoms with Gasteiger partial charge < -0.3 is 15.2 Å². The molecule has 0 radical (unpaired) electrons. The van der Waals surface area contributed by atoms with E-state index in [1.54, 1.807) is 0 Å². The van der Waals surface area contributed by atoms with E-state index in [0.717, 1.165) is 40.2 Å². The van der Waals surface area contributed by atoms with Gasteiger partial charge in [0, 0.05) is 18.3 Å². The molecule has 0 bridgehead atoms. The van der Waals surface area contributed by atoms with Crippen molar-refractivity contribution < 1.29 is 14.0 Å². The van der Waals surface area contributed by atoms with Gasteiger partial charge in [0.25, 0.3) is 0 Å². The number of benzene rings is 3. The van der Waals surface area contributed by atoms with Gasteiger partial charge in [0.2, 0.25) is 5.69 Å². The third-order valence-corrected chi connectivity index (χ3v) is 6.52. The Bertz CT molecular complexity index is 1570. The Kier molecular flexibility index (Phi) is 8.97. The summed E-state index contributed by atoms with van der Waals surface area (Å²) >= 11 is 0. The lowest BCUT2D eigenvalue weighted by atomic mass is 10.1. The quantitative estimate of drug-likeness (QED) is 0.196. The van der Waals surface area contributed by atoms with Gasteiger partial charge in [-0.05, 0) is 59.0 Å². The first-order valence-electron chi connectivity index (χ1n) is 13.5. The van der Waals surface area contributed by atoms with Gasteiger partial charge in [0.1, 0.15) is 18.9 Å². The summed E-state index contributed by atoms with van der Waals surface area (Å²) in [4.78, 5) is 4.60. The second kappa shape index (κ2) is 13.4. The van der Waals surface area contributed by atoms with Crippen LogP contribution in [0.15, 0.2) is 116 Å². The molecule has 5 nitrogen and oxygen atoms in total. The van der Waals surface area contributed by atoms with Crippen LogP contribution in [0.5, 0.6) is 11.5 Å². The van der Waals surface area contributed by atoms with E-state index in [9.17, 15) is 0 Å². The molecule has 40 heavy (non-hydrogen) atoms. The van der Waals surface area contributed by atoms with Gasteiger partial charge in [-0.3, -0.25) is 0 Å². The Labute approximate surface area is 236 Å². The van der Waals surface area contributed by atoms with Crippen LogP contribution < -0.4 is 19.8 Å². The molecule has 0 aliphatic carbocycles. The summed E-state index contributed by atoms with van der Waals surface area (Å²) in [5.74, 6) is 1.42. The van der Waals surface area contributed by atoms with Crippen molar-refractivity contribution in [2.45, 2.75) is 26.7 Å². The maximum Gasteiger partial charge on any atom is 0.231 e. The number of aryl methyl sites for hydroxylation is 1. The molecular formula is C35H34N3O2+. The van der Waals surface area contributed by atoms with Crippen molar-refractivity contribution in [3.05, 3.63) is 143 Å². The number of nitrogens with zero attached hydrogens (tertiary/aromatic N) is 2. The van der Waals surface area contributed by atoms with Crippen LogP contribution in [0.3, 0.4) is 0 Å². The number of hydrogen-bond donors (Lipinski definition) is 1. The summed E-state index contributed by atoms with van der Waals surface area (Å²) in [6.45, 7) is 4.29. The molecule has 0 amide bonds. The molecule has 0 aliphatic heterocycles. The molecule has 5 aromatic rings. The van der Waals surface area contributed by atoms with E-state index in [0.29, 0.717) is 31.3 Å². The minimum absolute atomic E-state index is 0.461. The molecule has 0 spiro atoms. The Balaban J connectivity index is 1.40. The van der Waals surface area contributed by atoms with E-state index in [-0.39, 0.29) is 0 Å². The van der Waals surface area contributed by atoms with Gasteiger partial charge in [-0.2, -0.15) is 4.57 Å². The predicted octanol–water partition coefficient (Wildman–Crippen LogP) is 6.63. The van der Waals surface area contributed by atoms with Crippen molar-refractivity contribution >= 4 is 12.2 Å². The monoisotopic (exact) mass is 528 g/mol. The first-order valence-corrected chi connectivity index (χ1v) is 13.5. The molecule has 0 saturated carbocycles. The lowest BCUT2D eigenvalue weighted by Gasteiger charge is -2.14. The summed E-state index contributed by atoms with van der Waals surface area (Å²) < 4.78 is 14.6. The molecule has 0 atom stereocenters. The predicted molar refractivity (Wildman–Crippen MR) is 161 cm³/mol. The third kappa shape index (κ3) is 7.22. The van der Waals surface area contributed by atoms with Crippen molar-refractivity contribution in [3.8, 4) is 22.9 Å². The van der Waals surface area contributed by atoms with Crippen molar-refractivity contribution in [1.82, 2.24) is 4.98 Å². The molecule has 3 aromatic carbocycles. The molecule has 2 aromatic heterocycles. The maximum atomic E-state index is 6.25. The molecule has 0 saturated heterocycles. The standard InChI is InChI=1S/C35H34N3O2/c1-27-16-19-37-32(22-27)33-23-29(17-20-38(33)21-18-36)13-12-28-14-15-34(39-25-30-8-4-2-5-9-30)35(24-28)40-26-31-10-6-3-7-11-31/h2-17,19-20,22-24H,18,21,25-26,36H2,1H3/q+1/b13-12+. The van der Waals surface area contributed by atoms with Gasteiger partial charge in [-0.1, -0.05) is 78.9 Å². The Hall–Kier alpha value is -4.74. The molecule has 2 heterocycles. The van der Waals surface area contributed by atoms with Gasteiger partial charge in [0.15, 0.2) is 24.2 Å². The smallest absolute Gasteiger partial charge is 0.231 e. The van der Waals surface area contributed by atoms with Gasteiger partial charge >= 0.3 is 0 Å². The zero-order valence-corrected chi connectivity index (χ0v) is 22.7. The SMILES string of the molecule is Cc1ccnc(-c2cc(/C=C/c3ccc(OCc4ccccc4)c(OCc4ccccc4)c3)cc[n+]2CCN)c1. The number of pyridine rings is 2. The van der Waals surface area contributed by atoms with Crippen molar-refractivity contribution in [3.63, 3.8) is 0 Å². The summed E-state index contributed by atoms with van der Waals surface area (Å²) in [7, 11) is 0. The highest BCUT2D eigenvalue weighted by molar-refractivity contribution is 5.72. The highest BCUT2D eigenvalue weighted by Crippen LogP contribution is 2.31. The van der Waals surface area contributed by atoms with Crippen molar-refractivity contribution in [1.29, 1.82) is 0 Å². The van der Waals surface area contributed by atoms with Crippen LogP contribution in [-0.2, 0) is 19.8 Å². The fourth-order valence-corrected chi connectivity index (χ4v) is 4.40. The first kappa shape index (κ1) is 26.9. The summed E-state index contributed by atoms with van der Waals surface area (Å²) in [6, 6.07) is 34.7. The Morgan fingerprint density at radius 3 is 2.02 bits per heavy atom. The van der Waals surface area contributed by atoms with E-state index >= 15 is 0 Å². The van der Waals surface area contributed by atoms with Crippen LogP contribution in [0.1, 0.15) is 27.8 Å². The molecular weight excluding hydrogens is 494 g/mol. The summed E-state index contributed by atoms with van der Waals surface area (Å²) in [5.41, 5.74) is 13.3. The first-order chi connectivity index (χ1) is 19.7. The number of ether oxygens (including phenoxy) is 2. The second-order valence-electron chi connectivity index (χ2n) is 9.63. The van der Waals surface area contributed by atoms with E-state index in [2.05, 4.69) is 77.3 Å². The van der Waals surface area contributed by atoms with Crippen LogP contribution in [0, 0.1) is 6.92 Å². The molecule has 0 unspecified atom stereocenters. The molecule has 5 heteroatoms. The lowest BCUT2D eigenvalue weighted by Crippen LogP contribution is -2.39. The normalized spacial score (nSPS) is 11.1. The van der Waals surface area contributed by atoms with Crippen LogP contribution in [0.4, 0.5) is 0 Å². The second-order valence-corrected chi connectivity index (χ2v) is 9.63. The third-order valence-electron chi connectivity index (χ3n) is 6.52. The highest BCUT2D eigenvalue weighted by Gasteiger charge is 2.15. The number of rotatable bonds is 11. The Morgan fingerprint density at radius 1 is 0.725 bits per heavy atom. The Morgan fingerprint density at radius 2 is 1.38 bits per heavy atom. The summed E-state index contributed by atoms with van der Waals surface area (Å²) in [5, 5.41) is 0. The fraction of sp³-hybridized carbons (Fsp3) is 0.143. The summed E-state index contributed by atoms with van der Waals surface area (Å²) in [6.07, 6.45) is 8.11. The minimum atomic E-state index is 0.461. The number of nitrogens with two attached hydrogens (primary N) is 1. The van der Waals surface area contributed by atoms with Gasteiger partial charge in [-0.25, -0.2) is 4.98 Å². The van der Waals surface area contributed by atoms with Crippen LogP contribution in [0.25, 0.3) is 23.5 Å². The van der Waals surface area contributed by atoms with Gasteiger partial charge in [-0.15, -0.1) is 0 Å². The lowest BCUT2D eigenvalue weighted by molar-refractivity contribution is -0.683. The fourth-order valence-electron chi connectivity index (χ4n) is 4.40. The van der Waals surface area contributed by atoms with Crippen LogP contribution in [0.2, 0.25) is 0 Å². The number of aromatic nitrogens is 2. The van der Waals surface area contributed by atoms with E-state index < -0.39 is 0 Å². The molecule has 0 aliphatic rings. The highest BCUT2D eigenvalue weighted by atomic mass is 16.5. The van der Waals surface area contributed by atoms with E-state index in [1.807, 2.05) is 66.9 Å². The average molecular weight is 529 g/mol. The van der Waals surface area contributed by atoms with Gasteiger partial charge in [0.05, 0.1) is 6.54 Å². The average Bonchev–Trinajstić information content (AvgIpc) is 3.00. The maximum absolute atomic E-state index is 6.25.